The molecule has 2 aromatic rings. The van der Waals surface area contributed by atoms with Crippen molar-refractivity contribution in [3.05, 3.63) is 67.3 Å². The quantitative estimate of drug-likeness (QED) is 0.499. The van der Waals surface area contributed by atoms with E-state index >= 15 is 0 Å². The van der Waals surface area contributed by atoms with Gasteiger partial charge in [-0.1, -0.05) is 18.2 Å². The molecule has 0 heterocycles. The molecule has 5 nitrogen and oxygen atoms in total. The minimum atomic E-state index is -0.501. The van der Waals surface area contributed by atoms with Crippen LogP contribution in [0.4, 0.5) is 11.4 Å². The van der Waals surface area contributed by atoms with Crippen molar-refractivity contribution in [1.82, 2.24) is 0 Å². The molecule has 0 aliphatic rings. The zero-order chi connectivity index (χ0) is 14.7. The zero-order valence-electron chi connectivity index (χ0n) is 10.6. The average molecular weight is 382 g/mol. The van der Waals surface area contributed by atoms with Crippen molar-refractivity contribution in [2.75, 3.05) is 5.32 Å². The normalized spacial score (nSPS) is 10.1. The van der Waals surface area contributed by atoms with Gasteiger partial charge < -0.3 is 5.32 Å². The summed E-state index contributed by atoms with van der Waals surface area (Å²) >= 11 is 2.05. The van der Waals surface area contributed by atoms with Gasteiger partial charge in [0.05, 0.1) is 10.5 Å². The fourth-order valence-electron chi connectivity index (χ4n) is 1.73. The maximum absolute atomic E-state index is 12.2. The average Bonchev–Trinajstić information content (AvgIpc) is 2.41. The number of hydrogen-bond acceptors (Lipinski definition) is 3. The summed E-state index contributed by atoms with van der Waals surface area (Å²) in [6.07, 6.45) is 0. The largest absolute Gasteiger partial charge is 0.316 e. The Kier molecular flexibility index (Phi) is 4.33. The fraction of sp³-hybridized carbons (Fsp3) is 0.0714. The van der Waals surface area contributed by atoms with Crippen LogP contribution in [-0.4, -0.2) is 10.8 Å². The molecule has 2 rings (SSSR count). The summed E-state index contributed by atoms with van der Waals surface area (Å²) in [5.74, 6) is -0.359. The van der Waals surface area contributed by atoms with E-state index in [4.69, 9.17) is 0 Å². The SMILES string of the molecule is Cc1ccc(NC(=O)c2ccccc2I)c([N+](=O)[O-])c1. The lowest BCUT2D eigenvalue weighted by atomic mass is 10.1. The number of halogens is 1. The first-order valence-corrected chi connectivity index (χ1v) is 6.88. The maximum atomic E-state index is 12.2. The van der Waals surface area contributed by atoms with Gasteiger partial charge in [0.2, 0.25) is 0 Å². The van der Waals surface area contributed by atoms with E-state index in [1.54, 1.807) is 37.3 Å². The summed E-state index contributed by atoms with van der Waals surface area (Å²) in [6.45, 7) is 1.76. The van der Waals surface area contributed by atoms with Crippen LogP contribution in [0.5, 0.6) is 0 Å². The standard InChI is InChI=1S/C14H11IN2O3/c1-9-6-7-12(13(8-9)17(19)20)16-14(18)10-4-2-3-5-11(10)15/h2-8H,1H3,(H,16,18). The second kappa shape index (κ2) is 6.00. The molecule has 0 radical (unpaired) electrons. The predicted molar refractivity (Wildman–Crippen MR) is 84.9 cm³/mol. The number of nitrogens with zero attached hydrogens (tertiary/aromatic N) is 1. The smallest absolute Gasteiger partial charge is 0.293 e. The molecular formula is C14H11IN2O3. The molecule has 0 saturated heterocycles. The molecule has 0 atom stereocenters. The Hall–Kier alpha value is -1.96. The van der Waals surface area contributed by atoms with Gasteiger partial charge in [0.1, 0.15) is 5.69 Å². The van der Waals surface area contributed by atoms with Crippen molar-refractivity contribution in [3.8, 4) is 0 Å². The van der Waals surface area contributed by atoms with Crippen molar-refractivity contribution in [1.29, 1.82) is 0 Å². The second-order valence-corrected chi connectivity index (χ2v) is 5.37. The minimum Gasteiger partial charge on any atom is -0.316 e. The summed E-state index contributed by atoms with van der Waals surface area (Å²) < 4.78 is 0.789. The number of hydrogen-bond donors (Lipinski definition) is 1. The van der Waals surface area contributed by atoms with Gasteiger partial charge >= 0.3 is 0 Å². The molecule has 0 bridgehead atoms. The van der Waals surface area contributed by atoms with E-state index in [2.05, 4.69) is 27.9 Å². The molecule has 1 amide bonds. The van der Waals surface area contributed by atoms with Gasteiger partial charge in [0.15, 0.2) is 0 Å². The van der Waals surface area contributed by atoms with Crippen LogP contribution < -0.4 is 5.32 Å². The van der Waals surface area contributed by atoms with Crippen LogP contribution >= 0.6 is 22.6 Å². The van der Waals surface area contributed by atoms with Crippen LogP contribution in [0.2, 0.25) is 0 Å². The third-order valence-corrected chi connectivity index (χ3v) is 3.66. The predicted octanol–water partition coefficient (Wildman–Crippen LogP) is 3.76. The topological polar surface area (TPSA) is 72.2 Å². The summed E-state index contributed by atoms with van der Waals surface area (Å²) in [6, 6.07) is 11.8. The number of aryl methyl sites for hydroxylation is 1. The van der Waals surface area contributed by atoms with E-state index < -0.39 is 4.92 Å². The Morgan fingerprint density at radius 1 is 1.25 bits per heavy atom. The highest BCUT2D eigenvalue weighted by atomic mass is 127. The molecule has 0 unspecified atom stereocenters. The number of benzene rings is 2. The molecule has 20 heavy (non-hydrogen) atoms. The number of nitro groups is 1. The van der Waals surface area contributed by atoms with Gasteiger partial charge in [-0.15, -0.1) is 0 Å². The Bertz CT molecular complexity index is 686. The van der Waals surface area contributed by atoms with Crippen molar-refractivity contribution < 1.29 is 9.72 Å². The number of carbonyl (C=O) groups excluding carboxylic acids is 1. The van der Waals surface area contributed by atoms with Crippen LogP contribution in [0, 0.1) is 20.6 Å². The number of anilines is 1. The van der Waals surface area contributed by atoms with Crippen LogP contribution in [0.3, 0.4) is 0 Å². The highest BCUT2D eigenvalue weighted by molar-refractivity contribution is 14.1. The Morgan fingerprint density at radius 2 is 1.95 bits per heavy atom. The monoisotopic (exact) mass is 382 g/mol. The molecule has 102 valence electrons. The molecule has 0 aliphatic carbocycles. The fourth-order valence-corrected chi connectivity index (χ4v) is 2.37. The number of rotatable bonds is 3. The van der Waals surface area contributed by atoms with Gasteiger partial charge in [-0.05, 0) is 53.3 Å². The number of nitro benzene ring substituents is 1. The van der Waals surface area contributed by atoms with Crippen molar-refractivity contribution >= 4 is 39.9 Å². The Labute approximate surface area is 129 Å². The summed E-state index contributed by atoms with van der Waals surface area (Å²) in [5.41, 5.74) is 1.35. The van der Waals surface area contributed by atoms with Gasteiger partial charge in [-0.3, -0.25) is 14.9 Å². The van der Waals surface area contributed by atoms with E-state index in [-0.39, 0.29) is 17.3 Å². The molecule has 0 fully saturated rings. The minimum absolute atomic E-state index is 0.107. The Balaban J connectivity index is 2.33. The van der Waals surface area contributed by atoms with Gasteiger partial charge in [-0.2, -0.15) is 0 Å². The van der Waals surface area contributed by atoms with Crippen molar-refractivity contribution in [2.45, 2.75) is 6.92 Å². The summed E-state index contributed by atoms with van der Waals surface area (Å²) in [4.78, 5) is 22.7. The van der Waals surface area contributed by atoms with Crippen LogP contribution in [-0.2, 0) is 0 Å². The highest BCUT2D eigenvalue weighted by Crippen LogP contribution is 2.26. The first kappa shape index (κ1) is 14.4. The van der Waals surface area contributed by atoms with Gasteiger partial charge in [-0.25, -0.2) is 0 Å². The van der Waals surface area contributed by atoms with Crippen molar-refractivity contribution in [2.24, 2.45) is 0 Å². The molecule has 0 saturated carbocycles. The molecule has 0 aliphatic heterocycles. The maximum Gasteiger partial charge on any atom is 0.293 e. The van der Waals surface area contributed by atoms with E-state index in [1.165, 1.54) is 6.07 Å². The van der Waals surface area contributed by atoms with E-state index in [9.17, 15) is 14.9 Å². The highest BCUT2D eigenvalue weighted by Gasteiger charge is 2.17. The van der Waals surface area contributed by atoms with Gasteiger partial charge in [0, 0.05) is 9.64 Å². The van der Waals surface area contributed by atoms with Crippen LogP contribution in [0.25, 0.3) is 0 Å². The number of carbonyl (C=O) groups is 1. The van der Waals surface area contributed by atoms with E-state index in [0.717, 1.165) is 9.13 Å². The second-order valence-electron chi connectivity index (χ2n) is 4.21. The van der Waals surface area contributed by atoms with Crippen LogP contribution in [0.15, 0.2) is 42.5 Å². The molecular weight excluding hydrogens is 371 g/mol. The number of nitrogens with one attached hydrogen (secondary N) is 1. The Morgan fingerprint density at radius 3 is 2.60 bits per heavy atom. The summed E-state index contributed by atoms with van der Waals surface area (Å²) in [5, 5.41) is 13.6. The lowest BCUT2D eigenvalue weighted by Crippen LogP contribution is -2.14. The van der Waals surface area contributed by atoms with E-state index in [1.807, 2.05) is 6.07 Å². The third kappa shape index (κ3) is 3.13. The third-order valence-electron chi connectivity index (χ3n) is 2.72. The first-order valence-electron chi connectivity index (χ1n) is 5.80. The van der Waals surface area contributed by atoms with Gasteiger partial charge in [0.25, 0.3) is 11.6 Å². The molecule has 0 aromatic heterocycles. The van der Waals surface area contributed by atoms with Crippen molar-refractivity contribution in [3.63, 3.8) is 0 Å². The molecule has 0 spiro atoms. The molecule has 6 heteroatoms. The lowest BCUT2D eigenvalue weighted by molar-refractivity contribution is -0.384. The van der Waals surface area contributed by atoms with E-state index in [0.29, 0.717) is 5.56 Å². The first-order chi connectivity index (χ1) is 9.49. The molecule has 2 aromatic carbocycles. The summed E-state index contributed by atoms with van der Waals surface area (Å²) in [7, 11) is 0. The van der Waals surface area contributed by atoms with Crippen LogP contribution in [0.1, 0.15) is 15.9 Å². The lowest BCUT2D eigenvalue weighted by Gasteiger charge is -2.08. The zero-order valence-corrected chi connectivity index (χ0v) is 12.7. The molecule has 1 N–H and O–H groups in total. The number of amides is 1.